The zero-order valence-corrected chi connectivity index (χ0v) is 16.4. The summed E-state index contributed by atoms with van der Waals surface area (Å²) in [5.74, 6) is 0.105. The van der Waals surface area contributed by atoms with E-state index in [0.29, 0.717) is 13.1 Å². The Morgan fingerprint density at radius 3 is 2.37 bits per heavy atom. The summed E-state index contributed by atoms with van der Waals surface area (Å²) in [5.41, 5.74) is 4.04. The van der Waals surface area contributed by atoms with Gasteiger partial charge in [0.25, 0.3) is 5.91 Å². The number of fused-ring (bicyclic) bond motifs is 2. The monoisotopic (exact) mass is 364 g/mol. The summed E-state index contributed by atoms with van der Waals surface area (Å²) in [5, 5.41) is 11.3. The van der Waals surface area contributed by atoms with E-state index in [1.54, 1.807) is 0 Å². The molecular formula is C23H28N2O2. The van der Waals surface area contributed by atoms with Crippen LogP contribution in [0.1, 0.15) is 45.9 Å². The molecule has 2 aliphatic rings. The molecule has 4 rings (SSSR count). The van der Waals surface area contributed by atoms with Crippen molar-refractivity contribution in [2.75, 3.05) is 27.2 Å². The van der Waals surface area contributed by atoms with E-state index in [-0.39, 0.29) is 17.4 Å². The number of hydrogen-bond acceptors (Lipinski definition) is 3. The lowest BCUT2D eigenvalue weighted by atomic mass is 9.72. The molecule has 2 atom stereocenters. The number of amides is 1. The van der Waals surface area contributed by atoms with Crippen LogP contribution >= 0.6 is 0 Å². The quantitative estimate of drug-likeness (QED) is 0.890. The molecule has 4 nitrogen and oxygen atoms in total. The largest absolute Gasteiger partial charge is 0.390 e. The van der Waals surface area contributed by atoms with E-state index in [2.05, 4.69) is 29.2 Å². The number of benzene rings is 2. The van der Waals surface area contributed by atoms with Crippen LogP contribution in [0, 0.1) is 6.92 Å². The third-order valence-corrected chi connectivity index (χ3v) is 6.56. The Bertz CT molecular complexity index is 853. The lowest BCUT2D eigenvalue weighted by molar-refractivity contribution is -0.00146. The van der Waals surface area contributed by atoms with Crippen LogP contribution in [0.3, 0.4) is 0 Å². The van der Waals surface area contributed by atoms with Crippen LogP contribution in [-0.4, -0.2) is 54.1 Å². The summed E-state index contributed by atoms with van der Waals surface area (Å²) in [6, 6.07) is 16.2. The molecule has 1 heterocycles. The van der Waals surface area contributed by atoms with Crippen molar-refractivity contribution >= 4 is 5.91 Å². The van der Waals surface area contributed by atoms with Crippen molar-refractivity contribution in [1.82, 2.24) is 9.80 Å². The van der Waals surface area contributed by atoms with Gasteiger partial charge < -0.3 is 14.9 Å². The highest BCUT2D eigenvalue weighted by Crippen LogP contribution is 2.52. The Morgan fingerprint density at radius 2 is 1.70 bits per heavy atom. The predicted molar refractivity (Wildman–Crippen MR) is 107 cm³/mol. The van der Waals surface area contributed by atoms with Crippen LogP contribution < -0.4 is 0 Å². The van der Waals surface area contributed by atoms with Crippen molar-refractivity contribution in [3.8, 4) is 0 Å². The molecule has 142 valence electrons. The fourth-order valence-electron chi connectivity index (χ4n) is 5.06. The second-order valence-electron chi connectivity index (χ2n) is 8.20. The van der Waals surface area contributed by atoms with Crippen LogP contribution in [0.5, 0.6) is 0 Å². The van der Waals surface area contributed by atoms with Gasteiger partial charge in [0.05, 0.1) is 12.1 Å². The maximum Gasteiger partial charge on any atom is 0.254 e. The Labute approximate surface area is 161 Å². The topological polar surface area (TPSA) is 43.8 Å². The second kappa shape index (κ2) is 6.77. The van der Waals surface area contributed by atoms with Crippen molar-refractivity contribution < 1.29 is 9.90 Å². The van der Waals surface area contributed by atoms with E-state index in [9.17, 15) is 9.90 Å². The summed E-state index contributed by atoms with van der Waals surface area (Å²) >= 11 is 0. The summed E-state index contributed by atoms with van der Waals surface area (Å²) in [7, 11) is 4.06. The normalized spacial score (nSPS) is 23.7. The van der Waals surface area contributed by atoms with Crippen molar-refractivity contribution in [2.45, 2.75) is 37.3 Å². The first kappa shape index (κ1) is 18.2. The minimum atomic E-state index is -0.444. The number of carbonyl (C=O) groups is 1. The zero-order valence-electron chi connectivity index (χ0n) is 16.4. The van der Waals surface area contributed by atoms with Gasteiger partial charge >= 0.3 is 0 Å². The van der Waals surface area contributed by atoms with E-state index in [4.69, 9.17) is 0 Å². The van der Waals surface area contributed by atoms with Crippen molar-refractivity contribution in [2.24, 2.45) is 0 Å². The first-order chi connectivity index (χ1) is 13.0. The second-order valence-corrected chi connectivity index (χ2v) is 8.20. The third-order valence-electron chi connectivity index (χ3n) is 6.56. The van der Waals surface area contributed by atoms with Gasteiger partial charge in [-0.3, -0.25) is 4.79 Å². The van der Waals surface area contributed by atoms with Gasteiger partial charge in [-0.25, -0.2) is 0 Å². The Balaban J connectivity index is 1.60. The van der Waals surface area contributed by atoms with Crippen LogP contribution in [0.2, 0.25) is 0 Å². The molecule has 27 heavy (non-hydrogen) atoms. The Hall–Kier alpha value is -2.17. The summed E-state index contributed by atoms with van der Waals surface area (Å²) in [6.07, 6.45) is 1.15. The molecule has 1 N–H and O–H groups in total. The van der Waals surface area contributed by atoms with E-state index >= 15 is 0 Å². The average Bonchev–Trinajstić information content (AvgIpc) is 2.91. The van der Waals surface area contributed by atoms with Gasteiger partial charge in [0.1, 0.15) is 0 Å². The van der Waals surface area contributed by atoms with Crippen molar-refractivity contribution in [3.63, 3.8) is 0 Å². The lowest BCUT2D eigenvalue weighted by Crippen LogP contribution is -2.50. The number of likely N-dealkylation sites (tertiary alicyclic amines) is 1. The molecule has 2 aromatic rings. The average molecular weight is 364 g/mol. The highest BCUT2D eigenvalue weighted by molar-refractivity contribution is 5.95. The van der Waals surface area contributed by atoms with Crippen LogP contribution in [-0.2, 0) is 5.41 Å². The molecule has 1 saturated heterocycles. The molecule has 0 radical (unpaired) electrons. The summed E-state index contributed by atoms with van der Waals surface area (Å²) in [6.45, 7) is 3.34. The van der Waals surface area contributed by atoms with Gasteiger partial charge in [-0.15, -0.1) is 0 Å². The molecule has 1 aliphatic heterocycles. The third kappa shape index (κ3) is 2.79. The SMILES string of the molecule is Cc1ccccc1C(=O)N1CCC2(CC1)c1ccccc1[C@@H](N(C)C)[C@@H]2O. The summed E-state index contributed by atoms with van der Waals surface area (Å²) in [4.78, 5) is 17.0. The van der Waals surface area contributed by atoms with Gasteiger partial charge in [0, 0.05) is 24.1 Å². The highest BCUT2D eigenvalue weighted by atomic mass is 16.3. The van der Waals surface area contributed by atoms with E-state index in [1.807, 2.05) is 50.2 Å². The maximum atomic E-state index is 13.0. The number of hydrogen-bond donors (Lipinski definition) is 1. The number of piperidine rings is 1. The van der Waals surface area contributed by atoms with Crippen molar-refractivity contribution in [3.05, 3.63) is 70.8 Å². The Morgan fingerprint density at radius 1 is 1.07 bits per heavy atom. The van der Waals surface area contributed by atoms with Crippen molar-refractivity contribution in [1.29, 1.82) is 0 Å². The van der Waals surface area contributed by atoms with Gasteiger partial charge in [-0.2, -0.15) is 0 Å². The van der Waals surface area contributed by atoms with Crippen LogP contribution in [0.25, 0.3) is 0 Å². The number of aliphatic hydroxyl groups excluding tert-OH is 1. The number of carbonyl (C=O) groups excluding carboxylic acids is 1. The zero-order chi connectivity index (χ0) is 19.2. The van der Waals surface area contributed by atoms with Gasteiger partial charge in [0.15, 0.2) is 0 Å². The molecule has 1 spiro atoms. The Kier molecular flexibility index (Phi) is 4.57. The molecule has 1 amide bonds. The molecule has 0 unspecified atom stereocenters. The van der Waals surface area contributed by atoms with E-state index in [1.165, 1.54) is 11.1 Å². The van der Waals surface area contributed by atoms with Gasteiger partial charge in [-0.1, -0.05) is 42.5 Å². The minimum absolute atomic E-state index is 0.0137. The maximum absolute atomic E-state index is 13.0. The first-order valence-corrected chi connectivity index (χ1v) is 9.74. The van der Waals surface area contributed by atoms with Gasteiger partial charge in [0.2, 0.25) is 0 Å². The van der Waals surface area contributed by atoms with Gasteiger partial charge in [-0.05, 0) is 56.6 Å². The van der Waals surface area contributed by atoms with Crippen LogP contribution in [0.4, 0.5) is 0 Å². The molecule has 2 aromatic carbocycles. The summed E-state index contributed by atoms with van der Waals surface area (Å²) < 4.78 is 0. The highest BCUT2D eigenvalue weighted by Gasteiger charge is 2.53. The standard InChI is InChI=1S/C23H28N2O2/c1-16-8-4-5-9-17(16)22(27)25-14-12-23(13-15-25)19-11-7-6-10-18(19)20(21(23)26)24(2)3/h4-11,20-21,26H,12-15H2,1-3H3/t20-,21+/m1/s1. The number of likely N-dealkylation sites (N-methyl/N-ethyl adjacent to an activating group) is 1. The van der Waals surface area contributed by atoms with E-state index < -0.39 is 6.10 Å². The number of rotatable bonds is 2. The number of aryl methyl sites for hydroxylation is 1. The number of aliphatic hydroxyl groups is 1. The fourth-order valence-corrected chi connectivity index (χ4v) is 5.06. The first-order valence-electron chi connectivity index (χ1n) is 9.74. The lowest BCUT2D eigenvalue weighted by Gasteiger charge is -2.43. The predicted octanol–water partition coefficient (Wildman–Crippen LogP) is 3.15. The molecular weight excluding hydrogens is 336 g/mol. The fraction of sp³-hybridized carbons (Fsp3) is 0.435. The van der Waals surface area contributed by atoms with Crippen LogP contribution in [0.15, 0.2) is 48.5 Å². The molecule has 1 aliphatic carbocycles. The molecule has 0 aromatic heterocycles. The molecule has 1 fully saturated rings. The number of nitrogens with zero attached hydrogens (tertiary/aromatic N) is 2. The minimum Gasteiger partial charge on any atom is -0.390 e. The molecule has 4 heteroatoms. The smallest absolute Gasteiger partial charge is 0.254 e. The van der Waals surface area contributed by atoms with E-state index in [0.717, 1.165) is 24.0 Å². The molecule has 0 bridgehead atoms. The molecule has 0 saturated carbocycles.